The predicted molar refractivity (Wildman–Crippen MR) is 78.5 cm³/mol. The molecule has 0 aromatic heterocycles. The van der Waals surface area contributed by atoms with Gasteiger partial charge in [-0.15, -0.1) is 0 Å². The van der Waals surface area contributed by atoms with Crippen LogP contribution in [0, 0.1) is 0 Å². The van der Waals surface area contributed by atoms with Gasteiger partial charge in [0.2, 0.25) is 0 Å². The molecule has 0 fully saturated rings. The Balaban J connectivity index is 2.06. The standard InChI is InChI=1S/C16H21NO4/c1-21-9-8-14(16(19)20)17-15(18)13-7-6-11-4-2-3-5-12(11)10-13/h6-7,10,14H,2-5,8-9H2,1H3,(H,17,18)(H,19,20). The van der Waals surface area contributed by atoms with Crippen LogP contribution in [0.5, 0.6) is 0 Å². The molecule has 114 valence electrons. The zero-order valence-corrected chi connectivity index (χ0v) is 12.2. The van der Waals surface area contributed by atoms with E-state index in [9.17, 15) is 9.59 Å². The third-order valence-electron chi connectivity index (χ3n) is 3.82. The van der Waals surface area contributed by atoms with Crippen LogP contribution >= 0.6 is 0 Å². The van der Waals surface area contributed by atoms with Gasteiger partial charge in [0.15, 0.2) is 0 Å². The van der Waals surface area contributed by atoms with Crippen molar-refractivity contribution in [3.63, 3.8) is 0 Å². The molecule has 0 bridgehead atoms. The molecule has 0 saturated heterocycles. The molecule has 5 nitrogen and oxygen atoms in total. The summed E-state index contributed by atoms with van der Waals surface area (Å²) in [6, 6.07) is 4.72. The summed E-state index contributed by atoms with van der Waals surface area (Å²) in [4.78, 5) is 23.3. The van der Waals surface area contributed by atoms with Crippen molar-refractivity contribution in [2.75, 3.05) is 13.7 Å². The third kappa shape index (κ3) is 4.04. The zero-order valence-electron chi connectivity index (χ0n) is 12.2. The van der Waals surface area contributed by atoms with Gasteiger partial charge < -0.3 is 15.2 Å². The highest BCUT2D eigenvalue weighted by atomic mass is 16.5. The molecule has 1 unspecified atom stereocenters. The maximum Gasteiger partial charge on any atom is 0.326 e. The maximum absolute atomic E-state index is 12.2. The lowest BCUT2D eigenvalue weighted by Crippen LogP contribution is -2.41. The van der Waals surface area contributed by atoms with Crippen molar-refractivity contribution in [1.29, 1.82) is 0 Å². The van der Waals surface area contributed by atoms with E-state index < -0.39 is 12.0 Å². The fourth-order valence-electron chi connectivity index (χ4n) is 2.61. The quantitative estimate of drug-likeness (QED) is 0.838. The molecule has 21 heavy (non-hydrogen) atoms. The van der Waals surface area contributed by atoms with Gasteiger partial charge >= 0.3 is 5.97 Å². The lowest BCUT2D eigenvalue weighted by atomic mass is 9.90. The average molecular weight is 291 g/mol. The van der Waals surface area contributed by atoms with Gasteiger partial charge in [0, 0.05) is 25.7 Å². The molecule has 2 N–H and O–H groups in total. The van der Waals surface area contributed by atoms with E-state index in [1.807, 2.05) is 12.1 Å². The molecule has 5 heteroatoms. The number of nitrogens with one attached hydrogen (secondary N) is 1. The zero-order chi connectivity index (χ0) is 15.2. The number of hydrogen-bond donors (Lipinski definition) is 2. The van der Waals surface area contributed by atoms with Crippen molar-refractivity contribution in [3.05, 3.63) is 34.9 Å². The minimum Gasteiger partial charge on any atom is -0.480 e. The lowest BCUT2D eigenvalue weighted by Gasteiger charge is -2.18. The van der Waals surface area contributed by atoms with Crippen molar-refractivity contribution in [1.82, 2.24) is 5.32 Å². The molecule has 1 aromatic rings. The van der Waals surface area contributed by atoms with Crippen LogP contribution in [0.25, 0.3) is 0 Å². The number of ether oxygens (including phenoxy) is 1. The van der Waals surface area contributed by atoms with Crippen molar-refractivity contribution in [3.8, 4) is 0 Å². The Labute approximate surface area is 124 Å². The van der Waals surface area contributed by atoms with E-state index in [4.69, 9.17) is 9.84 Å². The van der Waals surface area contributed by atoms with Crippen LogP contribution in [-0.4, -0.2) is 36.7 Å². The average Bonchev–Trinajstić information content (AvgIpc) is 2.50. The van der Waals surface area contributed by atoms with E-state index >= 15 is 0 Å². The SMILES string of the molecule is COCCC(NC(=O)c1ccc2c(c1)CCCC2)C(=O)O. The second-order valence-corrected chi connectivity index (χ2v) is 5.34. The number of rotatable bonds is 6. The molecule has 1 aromatic carbocycles. The van der Waals surface area contributed by atoms with Crippen LogP contribution in [0.4, 0.5) is 0 Å². The Morgan fingerprint density at radius 3 is 2.67 bits per heavy atom. The van der Waals surface area contributed by atoms with E-state index in [-0.39, 0.29) is 12.3 Å². The highest BCUT2D eigenvalue weighted by Crippen LogP contribution is 2.22. The first kappa shape index (κ1) is 15.5. The van der Waals surface area contributed by atoms with Crippen molar-refractivity contribution in [2.24, 2.45) is 0 Å². The van der Waals surface area contributed by atoms with Crippen LogP contribution in [-0.2, 0) is 22.4 Å². The Hall–Kier alpha value is -1.88. The molecular formula is C16H21NO4. The number of carbonyl (C=O) groups excluding carboxylic acids is 1. The first-order chi connectivity index (χ1) is 10.1. The van der Waals surface area contributed by atoms with Crippen LogP contribution in [0.2, 0.25) is 0 Å². The van der Waals surface area contributed by atoms with E-state index in [1.165, 1.54) is 24.7 Å². The van der Waals surface area contributed by atoms with E-state index in [0.29, 0.717) is 12.2 Å². The fourth-order valence-corrected chi connectivity index (χ4v) is 2.61. The minimum atomic E-state index is -1.04. The first-order valence-electron chi connectivity index (χ1n) is 7.26. The summed E-state index contributed by atoms with van der Waals surface area (Å²) < 4.78 is 4.87. The molecule has 2 rings (SSSR count). The summed E-state index contributed by atoms with van der Waals surface area (Å²) in [5, 5.41) is 11.7. The van der Waals surface area contributed by atoms with E-state index in [2.05, 4.69) is 5.32 Å². The van der Waals surface area contributed by atoms with Crippen molar-refractivity contribution in [2.45, 2.75) is 38.1 Å². The Morgan fingerprint density at radius 1 is 1.29 bits per heavy atom. The number of carboxylic acids is 1. The smallest absolute Gasteiger partial charge is 0.326 e. The number of benzene rings is 1. The van der Waals surface area contributed by atoms with E-state index in [1.54, 1.807) is 6.07 Å². The number of aliphatic carboxylic acids is 1. The molecule has 0 spiro atoms. The van der Waals surface area contributed by atoms with Gasteiger partial charge in [-0.05, 0) is 48.9 Å². The van der Waals surface area contributed by atoms with Crippen LogP contribution in [0.15, 0.2) is 18.2 Å². The lowest BCUT2D eigenvalue weighted by molar-refractivity contribution is -0.139. The number of hydrogen-bond acceptors (Lipinski definition) is 3. The highest BCUT2D eigenvalue weighted by Gasteiger charge is 2.21. The number of amides is 1. The number of carbonyl (C=O) groups is 2. The Bertz CT molecular complexity index is 527. The molecule has 1 amide bonds. The predicted octanol–water partition coefficient (Wildman–Crippen LogP) is 1.78. The first-order valence-corrected chi connectivity index (χ1v) is 7.26. The van der Waals surface area contributed by atoms with Crippen LogP contribution < -0.4 is 5.32 Å². The van der Waals surface area contributed by atoms with Crippen molar-refractivity contribution < 1.29 is 19.4 Å². The summed E-state index contributed by atoms with van der Waals surface area (Å²) in [5.74, 6) is -1.38. The molecule has 0 saturated carbocycles. The minimum absolute atomic E-state index is 0.252. The van der Waals surface area contributed by atoms with Gasteiger partial charge in [-0.2, -0.15) is 0 Å². The van der Waals surface area contributed by atoms with Crippen LogP contribution in [0.1, 0.15) is 40.7 Å². The fraction of sp³-hybridized carbons (Fsp3) is 0.500. The molecule has 0 aliphatic heterocycles. The monoisotopic (exact) mass is 291 g/mol. The number of carboxylic acid groups (broad SMARTS) is 1. The topological polar surface area (TPSA) is 75.6 Å². The molecule has 1 aliphatic carbocycles. The number of aryl methyl sites for hydroxylation is 2. The summed E-state index contributed by atoms with van der Waals surface area (Å²) in [7, 11) is 1.50. The van der Waals surface area contributed by atoms with Gasteiger partial charge in [-0.3, -0.25) is 4.79 Å². The second kappa shape index (κ2) is 7.22. The maximum atomic E-state index is 12.2. The number of fused-ring (bicyclic) bond motifs is 1. The van der Waals surface area contributed by atoms with Gasteiger partial charge in [-0.25, -0.2) is 4.79 Å². The largest absolute Gasteiger partial charge is 0.480 e. The molecule has 1 aliphatic rings. The Morgan fingerprint density at radius 2 is 2.00 bits per heavy atom. The molecule has 0 radical (unpaired) electrons. The van der Waals surface area contributed by atoms with Crippen molar-refractivity contribution >= 4 is 11.9 Å². The molecule has 0 heterocycles. The normalized spacial score (nSPS) is 15.1. The second-order valence-electron chi connectivity index (χ2n) is 5.34. The van der Waals surface area contributed by atoms with Crippen LogP contribution in [0.3, 0.4) is 0 Å². The summed E-state index contributed by atoms with van der Waals surface area (Å²) in [5.41, 5.74) is 3.03. The molecule has 1 atom stereocenters. The Kier molecular flexibility index (Phi) is 5.33. The number of methoxy groups -OCH3 is 1. The van der Waals surface area contributed by atoms with Gasteiger partial charge in [0.05, 0.1) is 0 Å². The highest BCUT2D eigenvalue weighted by molar-refractivity contribution is 5.96. The van der Waals surface area contributed by atoms with Gasteiger partial charge in [0.1, 0.15) is 6.04 Å². The summed E-state index contributed by atoms with van der Waals surface area (Å²) in [6.45, 7) is 0.293. The molecular weight excluding hydrogens is 270 g/mol. The summed E-state index contributed by atoms with van der Waals surface area (Å²) >= 11 is 0. The van der Waals surface area contributed by atoms with E-state index in [0.717, 1.165) is 19.3 Å². The summed E-state index contributed by atoms with van der Waals surface area (Å²) in [6.07, 6.45) is 4.63. The third-order valence-corrected chi connectivity index (χ3v) is 3.82. The van der Waals surface area contributed by atoms with Gasteiger partial charge in [0.25, 0.3) is 5.91 Å². The van der Waals surface area contributed by atoms with Gasteiger partial charge in [-0.1, -0.05) is 6.07 Å².